The predicted molar refractivity (Wildman–Crippen MR) is 68.3 cm³/mol. The van der Waals surface area contributed by atoms with Gasteiger partial charge >= 0.3 is 0 Å². The minimum atomic E-state index is -0.443. The Morgan fingerprint density at radius 1 is 1.22 bits per heavy atom. The monoisotopic (exact) mass is 253 g/mol. The maximum atomic E-state index is 9.08. The van der Waals surface area contributed by atoms with Crippen LogP contribution in [0.3, 0.4) is 0 Å². The molecule has 18 heavy (non-hydrogen) atoms. The van der Waals surface area contributed by atoms with Crippen molar-refractivity contribution in [2.75, 3.05) is 13.2 Å². The van der Waals surface area contributed by atoms with E-state index in [1.54, 1.807) is 0 Å². The quantitative estimate of drug-likeness (QED) is 0.200. The largest absolute Gasteiger partial charge is 0.409 e. The maximum absolute atomic E-state index is 9.08. The summed E-state index contributed by atoms with van der Waals surface area (Å²) < 4.78 is 0. The molecule has 1 rings (SSSR count). The number of nitrogens with zero attached hydrogens (tertiary/aromatic N) is 1. The molecule has 6 N–H and O–H groups in total. The molecular weight excluding hydrogens is 234 g/mol. The summed E-state index contributed by atoms with van der Waals surface area (Å²) in [6.07, 6.45) is 0.289. The number of nitrogens with two attached hydrogens (primary N) is 1. The van der Waals surface area contributed by atoms with Crippen molar-refractivity contribution in [3.63, 3.8) is 0 Å². The first-order valence-electron chi connectivity index (χ1n) is 5.70. The number of nitrogens with one attached hydrogen (secondary N) is 1. The summed E-state index contributed by atoms with van der Waals surface area (Å²) in [6, 6.07) is 8.77. The fourth-order valence-corrected chi connectivity index (χ4v) is 1.66. The van der Waals surface area contributed by atoms with Gasteiger partial charge in [-0.25, -0.2) is 0 Å². The maximum Gasteiger partial charge on any atom is 0.141 e. The Hall–Kier alpha value is -1.63. The van der Waals surface area contributed by atoms with Gasteiger partial charge in [0.1, 0.15) is 5.84 Å². The van der Waals surface area contributed by atoms with Gasteiger partial charge in [0.25, 0.3) is 0 Å². The van der Waals surface area contributed by atoms with E-state index in [0.29, 0.717) is 0 Å². The second-order valence-electron chi connectivity index (χ2n) is 3.99. The Morgan fingerprint density at radius 2 is 1.83 bits per heavy atom. The van der Waals surface area contributed by atoms with Crippen LogP contribution in [0.15, 0.2) is 35.5 Å². The van der Waals surface area contributed by atoms with Crippen LogP contribution in [0.2, 0.25) is 0 Å². The van der Waals surface area contributed by atoms with Gasteiger partial charge in [0, 0.05) is 12.5 Å². The molecular formula is C12H19N3O3. The number of hydrogen-bond donors (Lipinski definition) is 5. The molecule has 0 aromatic heterocycles. The second kappa shape index (κ2) is 7.65. The molecule has 0 saturated carbocycles. The minimum Gasteiger partial charge on any atom is -0.409 e. The van der Waals surface area contributed by atoms with Crippen LogP contribution in [0.25, 0.3) is 0 Å². The third-order valence-corrected chi connectivity index (χ3v) is 2.62. The minimum absolute atomic E-state index is 0.0889. The fraction of sp³-hybridized carbons (Fsp3) is 0.417. The molecule has 0 bridgehead atoms. The van der Waals surface area contributed by atoms with Gasteiger partial charge < -0.3 is 26.5 Å². The van der Waals surface area contributed by atoms with Crippen LogP contribution < -0.4 is 11.1 Å². The molecule has 1 aromatic carbocycles. The molecule has 1 unspecified atom stereocenters. The van der Waals surface area contributed by atoms with Gasteiger partial charge in [0.05, 0.1) is 19.3 Å². The van der Waals surface area contributed by atoms with Gasteiger partial charge in [-0.1, -0.05) is 35.5 Å². The molecule has 1 atom stereocenters. The summed E-state index contributed by atoms with van der Waals surface area (Å²) in [5, 5.41) is 32.8. The van der Waals surface area contributed by atoms with E-state index in [4.69, 9.17) is 21.2 Å². The third kappa shape index (κ3) is 4.33. The lowest BCUT2D eigenvalue weighted by Gasteiger charge is -2.23. The molecule has 0 aliphatic rings. The number of oxime groups is 1. The number of aliphatic hydroxyl groups is 2. The van der Waals surface area contributed by atoms with Crippen molar-refractivity contribution in [1.29, 1.82) is 0 Å². The smallest absolute Gasteiger partial charge is 0.141 e. The molecule has 100 valence electrons. The predicted octanol–water partition coefficient (Wildman–Crippen LogP) is -0.193. The van der Waals surface area contributed by atoms with Gasteiger partial charge in [-0.2, -0.15) is 0 Å². The van der Waals surface area contributed by atoms with Crippen LogP contribution in [0.4, 0.5) is 0 Å². The van der Waals surface area contributed by atoms with Crippen molar-refractivity contribution >= 4 is 5.84 Å². The zero-order valence-corrected chi connectivity index (χ0v) is 10.0. The highest BCUT2D eigenvalue weighted by atomic mass is 16.4. The zero-order valence-electron chi connectivity index (χ0n) is 10.0. The number of aliphatic hydroxyl groups excluding tert-OH is 2. The van der Waals surface area contributed by atoms with Crippen molar-refractivity contribution in [1.82, 2.24) is 5.32 Å². The van der Waals surface area contributed by atoms with E-state index in [9.17, 15) is 0 Å². The Bertz CT molecular complexity index is 366. The first-order chi connectivity index (χ1) is 8.71. The van der Waals surface area contributed by atoms with Crippen LogP contribution in [0.1, 0.15) is 18.0 Å². The average Bonchev–Trinajstić information content (AvgIpc) is 2.44. The Labute approximate surface area is 106 Å². The van der Waals surface area contributed by atoms with Crippen LogP contribution in [-0.2, 0) is 0 Å². The van der Waals surface area contributed by atoms with E-state index in [1.807, 2.05) is 30.3 Å². The van der Waals surface area contributed by atoms with Crippen molar-refractivity contribution < 1.29 is 15.4 Å². The van der Waals surface area contributed by atoms with Crippen molar-refractivity contribution in [3.8, 4) is 0 Å². The molecule has 0 aliphatic carbocycles. The Morgan fingerprint density at radius 3 is 2.33 bits per heavy atom. The van der Waals surface area contributed by atoms with E-state index in [0.717, 1.165) is 5.56 Å². The molecule has 6 heteroatoms. The lowest BCUT2D eigenvalue weighted by Crippen LogP contribution is -2.40. The average molecular weight is 253 g/mol. The highest BCUT2D eigenvalue weighted by molar-refractivity contribution is 5.80. The highest BCUT2D eigenvalue weighted by Gasteiger charge is 2.17. The Balaban J connectivity index is 2.81. The Kier molecular flexibility index (Phi) is 6.13. The molecule has 6 nitrogen and oxygen atoms in total. The summed E-state index contributed by atoms with van der Waals surface area (Å²) in [7, 11) is 0. The van der Waals surface area contributed by atoms with Crippen molar-refractivity contribution in [2.24, 2.45) is 10.9 Å². The van der Waals surface area contributed by atoms with Gasteiger partial charge in [-0.05, 0) is 5.56 Å². The van der Waals surface area contributed by atoms with Crippen molar-refractivity contribution in [2.45, 2.75) is 18.5 Å². The van der Waals surface area contributed by atoms with E-state index < -0.39 is 6.04 Å². The SMILES string of the molecule is NC(CC(NC(CO)CO)c1ccccc1)=NO. The fourth-order valence-electron chi connectivity index (χ4n) is 1.66. The van der Waals surface area contributed by atoms with Crippen LogP contribution in [0, 0.1) is 0 Å². The molecule has 0 aliphatic heterocycles. The first-order valence-corrected chi connectivity index (χ1v) is 5.70. The normalized spacial score (nSPS) is 13.8. The number of rotatable bonds is 7. The van der Waals surface area contributed by atoms with Gasteiger partial charge in [0.15, 0.2) is 0 Å². The third-order valence-electron chi connectivity index (χ3n) is 2.62. The first kappa shape index (κ1) is 14.4. The summed E-state index contributed by atoms with van der Waals surface area (Å²) in [4.78, 5) is 0. The topological polar surface area (TPSA) is 111 Å². The zero-order chi connectivity index (χ0) is 13.4. The lowest BCUT2D eigenvalue weighted by atomic mass is 10.0. The van der Waals surface area contributed by atoms with E-state index in [-0.39, 0.29) is 31.5 Å². The van der Waals surface area contributed by atoms with E-state index >= 15 is 0 Å². The molecule has 0 saturated heterocycles. The lowest BCUT2D eigenvalue weighted by molar-refractivity contribution is 0.162. The van der Waals surface area contributed by atoms with Gasteiger partial charge in [0.2, 0.25) is 0 Å². The molecule has 1 aromatic rings. The number of hydrogen-bond acceptors (Lipinski definition) is 5. The summed E-state index contributed by atoms with van der Waals surface area (Å²) in [5.74, 6) is 0.0889. The molecule has 0 heterocycles. The summed E-state index contributed by atoms with van der Waals surface area (Å²) in [5.41, 5.74) is 6.45. The molecule has 0 fully saturated rings. The molecule has 0 amide bonds. The van der Waals surface area contributed by atoms with Gasteiger partial charge in [-0.3, -0.25) is 0 Å². The van der Waals surface area contributed by atoms with E-state index in [1.165, 1.54) is 0 Å². The standard InChI is InChI=1S/C12H19N3O3/c13-12(15-18)6-11(14-10(7-16)8-17)9-4-2-1-3-5-9/h1-5,10-11,14,16-18H,6-8H2,(H2,13,15). The highest BCUT2D eigenvalue weighted by Crippen LogP contribution is 2.17. The van der Waals surface area contributed by atoms with Crippen LogP contribution in [0.5, 0.6) is 0 Å². The van der Waals surface area contributed by atoms with Crippen LogP contribution >= 0.6 is 0 Å². The van der Waals surface area contributed by atoms with Crippen molar-refractivity contribution in [3.05, 3.63) is 35.9 Å². The number of amidine groups is 1. The summed E-state index contributed by atoms with van der Waals surface area (Å²) in [6.45, 7) is -0.369. The number of benzene rings is 1. The van der Waals surface area contributed by atoms with Gasteiger partial charge in [-0.15, -0.1) is 0 Å². The second-order valence-corrected chi connectivity index (χ2v) is 3.99. The van der Waals surface area contributed by atoms with E-state index in [2.05, 4.69) is 10.5 Å². The summed E-state index contributed by atoms with van der Waals surface area (Å²) >= 11 is 0. The van der Waals surface area contributed by atoms with Crippen LogP contribution in [-0.4, -0.2) is 40.5 Å². The molecule has 0 radical (unpaired) electrons. The molecule has 0 spiro atoms.